The highest BCUT2D eigenvalue weighted by Crippen LogP contribution is 2.07. The summed E-state index contributed by atoms with van der Waals surface area (Å²) in [6.07, 6.45) is -1.70. The van der Waals surface area contributed by atoms with Gasteiger partial charge in [-0.05, 0) is 6.92 Å². The second-order valence-corrected chi connectivity index (χ2v) is 2.10. The molecule has 0 aromatic rings. The SMILES string of the molecule is CC1NC(=O)OC1C(=O)O. The van der Waals surface area contributed by atoms with Crippen molar-refractivity contribution in [3.63, 3.8) is 0 Å². The molecular weight excluding hydrogens is 138 g/mol. The van der Waals surface area contributed by atoms with Crippen LogP contribution in [0.5, 0.6) is 0 Å². The third-order valence-corrected chi connectivity index (χ3v) is 1.28. The largest absolute Gasteiger partial charge is 0.478 e. The van der Waals surface area contributed by atoms with Gasteiger partial charge in [-0.15, -0.1) is 0 Å². The summed E-state index contributed by atoms with van der Waals surface area (Å²) < 4.78 is 4.39. The Balaban J connectivity index is 2.63. The average molecular weight is 145 g/mol. The predicted molar refractivity (Wildman–Crippen MR) is 30.5 cm³/mol. The number of carbonyl (C=O) groups excluding carboxylic acids is 1. The maximum Gasteiger partial charge on any atom is 0.408 e. The molecule has 1 saturated heterocycles. The Labute approximate surface area is 57.0 Å². The molecule has 0 aliphatic carbocycles. The second-order valence-electron chi connectivity index (χ2n) is 2.10. The van der Waals surface area contributed by atoms with Crippen molar-refractivity contribution < 1.29 is 19.4 Å². The molecule has 10 heavy (non-hydrogen) atoms. The van der Waals surface area contributed by atoms with Crippen LogP contribution < -0.4 is 5.32 Å². The zero-order chi connectivity index (χ0) is 7.72. The number of nitrogens with one attached hydrogen (secondary N) is 1. The van der Waals surface area contributed by atoms with Crippen LogP contribution >= 0.6 is 0 Å². The highest BCUT2D eigenvalue weighted by atomic mass is 16.6. The Morgan fingerprint density at radius 2 is 2.40 bits per heavy atom. The van der Waals surface area contributed by atoms with Gasteiger partial charge in [-0.25, -0.2) is 9.59 Å². The molecule has 0 saturated carbocycles. The number of carboxylic acid groups (broad SMARTS) is 1. The van der Waals surface area contributed by atoms with Gasteiger partial charge in [0.1, 0.15) is 0 Å². The molecule has 0 aromatic heterocycles. The monoisotopic (exact) mass is 145 g/mol. The van der Waals surface area contributed by atoms with E-state index in [2.05, 4.69) is 10.1 Å². The normalized spacial score (nSPS) is 31.1. The van der Waals surface area contributed by atoms with Crippen LogP contribution in [0.2, 0.25) is 0 Å². The summed E-state index contributed by atoms with van der Waals surface area (Å²) in [5.74, 6) is -1.12. The fraction of sp³-hybridized carbons (Fsp3) is 0.600. The van der Waals surface area contributed by atoms with Gasteiger partial charge in [-0.3, -0.25) is 0 Å². The minimum atomic E-state index is -1.12. The number of hydrogen-bond acceptors (Lipinski definition) is 3. The van der Waals surface area contributed by atoms with E-state index in [1.54, 1.807) is 6.92 Å². The quantitative estimate of drug-likeness (QED) is 0.524. The third kappa shape index (κ3) is 1.02. The molecule has 1 heterocycles. The first kappa shape index (κ1) is 6.85. The Hall–Kier alpha value is -1.26. The molecule has 0 spiro atoms. The van der Waals surface area contributed by atoms with Crippen molar-refractivity contribution in [2.75, 3.05) is 0 Å². The van der Waals surface area contributed by atoms with Crippen LogP contribution in [-0.4, -0.2) is 29.3 Å². The van der Waals surface area contributed by atoms with E-state index in [0.717, 1.165) is 0 Å². The molecule has 0 aromatic carbocycles. The number of carbonyl (C=O) groups is 2. The molecule has 1 rings (SSSR count). The van der Waals surface area contributed by atoms with Gasteiger partial charge in [0.05, 0.1) is 6.04 Å². The highest BCUT2D eigenvalue weighted by molar-refractivity contribution is 5.81. The zero-order valence-corrected chi connectivity index (χ0v) is 5.33. The Morgan fingerprint density at radius 1 is 1.80 bits per heavy atom. The van der Waals surface area contributed by atoms with Gasteiger partial charge < -0.3 is 15.2 Å². The highest BCUT2D eigenvalue weighted by Gasteiger charge is 2.36. The van der Waals surface area contributed by atoms with Crippen molar-refractivity contribution >= 4 is 12.1 Å². The van der Waals surface area contributed by atoms with Crippen molar-refractivity contribution in [3.8, 4) is 0 Å². The summed E-state index contributed by atoms with van der Waals surface area (Å²) in [5, 5.41) is 10.7. The van der Waals surface area contributed by atoms with Crippen molar-refractivity contribution in [1.29, 1.82) is 0 Å². The van der Waals surface area contributed by atoms with Crippen LogP contribution in [0, 0.1) is 0 Å². The van der Waals surface area contributed by atoms with Crippen molar-refractivity contribution in [3.05, 3.63) is 0 Å². The Kier molecular flexibility index (Phi) is 1.48. The molecule has 1 aliphatic rings. The lowest BCUT2D eigenvalue weighted by Gasteiger charge is -2.04. The maximum absolute atomic E-state index is 10.4. The minimum Gasteiger partial charge on any atom is -0.478 e. The van der Waals surface area contributed by atoms with E-state index >= 15 is 0 Å². The molecule has 2 unspecified atom stereocenters. The van der Waals surface area contributed by atoms with Gasteiger partial charge in [0.2, 0.25) is 6.10 Å². The topological polar surface area (TPSA) is 75.6 Å². The van der Waals surface area contributed by atoms with Gasteiger partial charge in [0, 0.05) is 0 Å². The lowest BCUT2D eigenvalue weighted by molar-refractivity contribution is -0.145. The number of aliphatic carboxylic acids is 1. The van der Waals surface area contributed by atoms with Crippen molar-refractivity contribution in [2.45, 2.75) is 19.1 Å². The average Bonchev–Trinajstić information content (AvgIpc) is 2.10. The Morgan fingerprint density at radius 3 is 2.60 bits per heavy atom. The number of alkyl carbamates (subject to hydrolysis) is 1. The van der Waals surface area contributed by atoms with E-state index in [4.69, 9.17) is 5.11 Å². The number of cyclic esters (lactones) is 1. The predicted octanol–water partition coefficient (Wildman–Crippen LogP) is -0.432. The molecule has 1 amide bonds. The standard InChI is InChI=1S/C5H7NO4/c1-2-3(4(7)8)10-5(9)6-2/h2-3H,1H3,(H,6,9)(H,7,8). The van der Waals surface area contributed by atoms with E-state index in [-0.39, 0.29) is 0 Å². The molecule has 2 N–H and O–H groups in total. The molecule has 56 valence electrons. The zero-order valence-electron chi connectivity index (χ0n) is 5.33. The van der Waals surface area contributed by atoms with E-state index in [9.17, 15) is 9.59 Å². The summed E-state index contributed by atoms with van der Waals surface area (Å²) in [5.41, 5.74) is 0. The fourth-order valence-corrected chi connectivity index (χ4v) is 0.777. The molecule has 1 aliphatic heterocycles. The lowest BCUT2D eigenvalue weighted by Crippen LogP contribution is -2.33. The van der Waals surface area contributed by atoms with E-state index in [1.165, 1.54) is 0 Å². The summed E-state index contributed by atoms with van der Waals surface area (Å²) >= 11 is 0. The smallest absolute Gasteiger partial charge is 0.408 e. The van der Waals surface area contributed by atoms with Gasteiger partial charge in [-0.2, -0.15) is 0 Å². The van der Waals surface area contributed by atoms with Gasteiger partial charge in [0.25, 0.3) is 0 Å². The molecule has 2 atom stereocenters. The maximum atomic E-state index is 10.4. The second kappa shape index (κ2) is 2.17. The first-order valence-corrected chi connectivity index (χ1v) is 2.81. The number of hydrogen-bond donors (Lipinski definition) is 2. The van der Waals surface area contributed by atoms with Crippen LogP contribution in [0.1, 0.15) is 6.92 Å². The van der Waals surface area contributed by atoms with E-state index in [1.807, 2.05) is 0 Å². The summed E-state index contributed by atoms with van der Waals surface area (Å²) in [7, 11) is 0. The molecule has 0 radical (unpaired) electrons. The molecule has 5 heteroatoms. The molecular formula is C5H7NO4. The van der Waals surface area contributed by atoms with Gasteiger partial charge in [0.15, 0.2) is 0 Å². The third-order valence-electron chi connectivity index (χ3n) is 1.28. The summed E-state index contributed by atoms with van der Waals surface area (Å²) in [6, 6.07) is -0.440. The van der Waals surface area contributed by atoms with E-state index < -0.39 is 24.2 Å². The number of ether oxygens (including phenoxy) is 1. The first-order valence-electron chi connectivity index (χ1n) is 2.81. The van der Waals surface area contributed by atoms with Crippen LogP contribution in [0.25, 0.3) is 0 Å². The number of amides is 1. The molecule has 0 bridgehead atoms. The van der Waals surface area contributed by atoms with Crippen LogP contribution in [0.4, 0.5) is 4.79 Å². The molecule has 1 fully saturated rings. The number of rotatable bonds is 1. The van der Waals surface area contributed by atoms with Crippen LogP contribution in [0.15, 0.2) is 0 Å². The fourth-order valence-electron chi connectivity index (χ4n) is 0.777. The lowest BCUT2D eigenvalue weighted by atomic mass is 10.2. The summed E-state index contributed by atoms with van der Waals surface area (Å²) in [4.78, 5) is 20.6. The van der Waals surface area contributed by atoms with E-state index in [0.29, 0.717) is 0 Å². The molecule has 5 nitrogen and oxygen atoms in total. The van der Waals surface area contributed by atoms with Gasteiger partial charge >= 0.3 is 12.1 Å². The minimum absolute atomic E-state index is 0.440. The van der Waals surface area contributed by atoms with Crippen molar-refractivity contribution in [1.82, 2.24) is 5.32 Å². The van der Waals surface area contributed by atoms with Gasteiger partial charge in [-0.1, -0.05) is 0 Å². The summed E-state index contributed by atoms with van der Waals surface area (Å²) in [6.45, 7) is 1.57. The Bertz CT molecular complexity index is 178. The van der Waals surface area contributed by atoms with Crippen LogP contribution in [0.3, 0.4) is 0 Å². The first-order chi connectivity index (χ1) is 4.61. The number of carboxylic acids is 1. The van der Waals surface area contributed by atoms with Crippen molar-refractivity contribution in [2.24, 2.45) is 0 Å². The van der Waals surface area contributed by atoms with Crippen LogP contribution in [-0.2, 0) is 9.53 Å².